The van der Waals surface area contributed by atoms with E-state index < -0.39 is 0 Å². The van der Waals surface area contributed by atoms with Crippen LogP contribution in [-0.4, -0.2) is 26.7 Å². The molecule has 1 aliphatic carbocycles. The second-order valence-electron chi connectivity index (χ2n) is 4.87. The van der Waals surface area contributed by atoms with Crippen molar-refractivity contribution < 1.29 is 4.79 Å². The summed E-state index contributed by atoms with van der Waals surface area (Å²) in [5, 5.41) is 9.93. The van der Waals surface area contributed by atoms with Crippen LogP contribution in [0.15, 0.2) is 0 Å². The lowest BCUT2D eigenvalue weighted by Crippen LogP contribution is -2.33. The third kappa shape index (κ3) is 2.57. The van der Waals surface area contributed by atoms with Crippen molar-refractivity contribution in [2.75, 3.05) is 0 Å². The van der Waals surface area contributed by atoms with Gasteiger partial charge in [-0.25, -0.2) is 0 Å². The molecule has 1 heterocycles. The van der Waals surface area contributed by atoms with Crippen LogP contribution >= 0.6 is 12.2 Å². The molecular formula is C11H18N4OS. The average Bonchev–Trinajstić information content (AvgIpc) is 2.98. The molecule has 0 aromatic carbocycles. The fourth-order valence-corrected chi connectivity index (χ4v) is 2.06. The Morgan fingerprint density at radius 3 is 2.71 bits per heavy atom. The highest BCUT2D eigenvalue weighted by atomic mass is 32.1. The van der Waals surface area contributed by atoms with E-state index in [1.807, 2.05) is 20.8 Å². The van der Waals surface area contributed by atoms with E-state index >= 15 is 0 Å². The van der Waals surface area contributed by atoms with Crippen LogP contribution in [0.4, 0.5) is 0 Å². The number of rotatable bonds is 4. The molecule has 6 heteroatoms. The lowest BCUT2D eigenvalue weighted by molar-refractivity contribution is -0.124. The van der Waals surface area contributed by atoms with Crippen molar-refractivity contribution in [2.24, 2.45) is 0 Å². The predicted octanol–water partition coefficient (Wildman–Crippen LogP) is 1.90. The van der Waals surface area contributed by atoms with Crippen molar-refractivity contribution in [1.82, 2.24) is 20.1 Å². The fourth-order valence-electron chi connectivity index (χ4n) is 1.77. The number of hydrogen-bond donors (Lipinski definition) is 2. The number of H-pyrrole nitrogens is 1. The van der Waals surface area contributed by atoms with Crippen molar-refractivity contribution in [2.45, 2.75) is 51.6 Å². The zero-order valence-electron chi connectivity index (χ0n) is 10.4. The third-order valence-corrected chi connectivity index (χ3v) is 3.23. The number of carbonyl (C=O) groups excluding carboxylic acids is 1. The van der Waals surface area contributed by atoms with Gasteiger partial charge in [0.1, 0.15) is 11.9 Å². The van der Waals surface area contributed by atoms with E-state index in [1.54, 1.807) is 4.57 Å². The summed E-state index contributed by atoms with van der Waals surface area (Å²) in [6.07, 6.45) is 2.18. The third-order valence-electron chi connectivity index (χ3n) is 2.94. The van der Waals surface area contributed by atoms with Crippen molar-refractivity contribution in [3.8, 4) is 0 Å². The molecule has 1 saturated carbocycles. The molecule has 1 aliphatic rings. The quantitative estimate of drug-likeness (QED) is 0.807. The van der Waals surface area contributed by atoms with Crippen LogP contribution in [0.25, 0.3) is 0 Å². The Balaban J connectivity index is 2.22. The molecule has 1 amide bonds. The molecule has 2 rings (SSSR count). The molecule has 1 aromatic heterocycles. The summed E-state index contributed by atoms with van der Waals surface area (Å²) in [4.78, 5) is 12.0. The Kier molecular flexibility index (Phi) is 3.33. The molecule has 0 radical (unpaired) electrons. The van der Waals surface area contributed by atoms with E-state index in [-0.39, 0.29) is 17.9 Å². The van der Waals surface area contributed by atoms with Gasteiger partial charge in [0.2, 0.25) is 5.91 Å². The second kappa shape index (κ2) is 4.60. The van der Waals surface area contributed by atoms with Gasteiger partial charge < -0.3 is 5.32 Å². The Bertz CT molecular complexity index is 472. The molecule has 1 fully saturated rings. The van der Waals surface area contributed by atoms with E-state index in [1.165, 1.54) is 0 Å². The van der Waals surface area contributed by atoms with Crippen LogP contribution in [0.1, 0.15) is 51.4 Å². The highest BCUT2D eigenvalue weighted by Gasteiger charge is 2.27. The first-order chi connectivity index (χ1) is 8.00. The molecule has 0 saturated heterocycles. The standard InChI is InChI=1S/C11H18N4OS/c1-6(2)9-13-14-11(17)15(9)7(3)10(16)12-8-4-5-8/h6-8H,4-5H2,1-3H3,(H,12,16)(H,14,17). The lowest BCUT2D eigenvalue weighted by atomic mass is 10.2. The number of aromatic nitrogens is 3. The Hall–Kier alpha value is -1.17. The summed E-state index contributed by atoms with van der Waals surface area (Å²) in [5.41, 5.74) is 0. The van der Waals surface area contributed by atoms with Gasteiger partial charge in [0, 0.05) is 12.0 Å². The van der Waals surface area contributed by atoms with Gasteiger partial charge in [-0.15, -0.1) is 0 Å². The maximum absolute atomic E-state index is 12.0. The minimum absolute atomic E-state index is 0.0203. The molecule has 5 nitrogen and oxygen atoms in total. The Morgan fingerprint density at radius 2 is 2.18 bits per heavy atom. The van der Waals surface area contributed by atoms with Crippen LogP contribution < -0.4 is 5.32 Å². The summed E-state index contributed by atoms with van der Waals surface area (Å²) in [7, 11) is 0. The molecule has 17 heavy (non-hydrogen) atoms. The van der Waals surface area contributed by atoms with Crippen molar-refractivity contribution in [1.29, 1.82) is 0 Å². The van der Waals surface area contributed by atoms with E-state index in [0.717, 1.165) is 18.7 Å². The van der Waals surface area contributed by atoms with Crippen LogP contribution in [0.3, 0.4) is 0 Å². The van der Waals surface area contributed by atoms with Gasteiger partial charge in [0.25, 0.3) is 0 Å². The lowest BCUT2D eigenvalue weighted by Gasteiger charge is -2.16. The van der Waals surface area contributed by atoms with Crippen LogP contribution in [0, 0.1) is 4.77 Å². The van der Waals surface area contributed by atoms with Crippen LogP contribution in [0.2, 0.25) is 0 Å². The molecule has 0 bridgehead atoms. The number of aromatic amines is 1. The Labute approximate surface area is 106 Å². The monoisotopic (exact) mass is 254 g/mol. The highest BCUT2D eigenvalue weighted by molar-refractivity contribution is 7.71. The molecule has 0 aliphatic heterocycles. The van der Waals surface area contributed by atoms with Crippen molar-refractivity contribution in [3.63, 3.8) is 0 Å². The number of hydrogen-bond acceptors (Lipinski definition) is 3. The van der Waals surface area contributed by atoms with Gasteiger partial charge in [0.05, 0.1) is 0 Å². The van der Waals surface area contributed by atoms with Gasteiger partial charge in [-0.2, -0.15) is 5.10 Å². The van der Waals surface area contributed by atoms with E-state index in [0.29, 0.717) is 10.8 Å². The van der Waals surface area contributed by atoms with Crippen LogP contribution in [0.5, 0.6) is 0 Å². The highest BCUT2D eigenvalue weighted by Crippen LogP contribution is 2.21. The van der Waals surface area contributed by atoms with Crippen molar-refractivity contribution in [3.05, 3.63) is 10.6 Å². The van der Waals surface area contributed by atoms with E-state index in [2.05, 4.69) is 15.5 Å². The second-order valence-corrected chi connectivity index (χ2v) is 5.26. The first-order valence-corrected chi connectivity index (χ1v) is 6.38. The van der Waals surface area contributed by atoms with E-state index in [4.69, 9.17) is 12.2 Å². The number of carbonyl (C=O) groups is 1. The normalized spacial score (nSPS) is 17.2. The summed E-state index contributed by atoms with van der Waals surface area (Å²) < 4.78 is 2.31. The zero-order valence-corrected chi connectivity index (χ0v) is 11.2. The Morgan fingerprint density at radius 1 is 1.53 bits per heavy atom. The minimum Gasteiger partial charge on any atom is -0.352 e. The molecule has 94 valence electrons. The van der Waals surface area contributed by atoms with Crippen LogP contribution in [-0.2, 0) is 4.79 Å². The van der Waals surface area contributed by atoms with Gasteiger partial charge in [-0.1, -0.05) is 13.8 Å². The zero-order chi connectivity index (χ0) is 12.6. The molecule has 1 aromatic rings. The molecule has 1 unspecified atom stereocenters. The largest absolute Gasteiger partial charge is 0.352 e. The number of nitrogens with zero attached hydrogens (tertiary/aromatic N) is 2. The van der Waals surface area contributed by atoms with E-state index in [9.17, 15) is 4.79 Å². The summed E-state index contributed by atoms with van der Waals surface area (Å²) >= 11 is 5.18. The first-order valence-electron chi connectivity index (χ1n) is 5.98. The first kappa shape index (κ1) is 12.3. The number of amides is 1. The van der Waals surface area contributed by atoms with Gasteiger partial charge in [0.15, 0.2) is 4.77 Å². The SMILES string of the molecule is CC(C)c1n[nH]c(=S)n1C(C)C(=O)NC1CC1. The minimum atomic E-state index is -0.306. The number of nitrogens with one attached hydrogen (secondary N) is 2. The fraction of sp³-hybridized carbons (Fsp3) is 0.727. The van der Waals surface area contributed by atoms with Gasteiger partial charge >= 0.3 is 0 Å². The summed E-state index contributed by atoms with van der Waals surface area (Å²) in [5.74, 6) is 1.08. The van der Waals surface area contributed by atoms with Gasteiger partial charge in [-0.3, -0.25) is 14.5 Å². The molecule has 2 N–H and O–H groups in total. The topological polar surface area (TPSA) is 62.7 Å². The molecule has 1 atom stereocenters. The van der Waals surface area contributed by atoms with Crippen molar-refractivity contribution >= 4 is 18.1 Å². The smallest absolute Gasteiger partial charge is 0.243 e. The van der Waals surface area contributed by atoms with Gasteiger partial charge in [-0.05, 0) is 32.0 Å². The predicted molar refractivity (Wildman–Crippen MR) is 67.4 cm³/mol. The summed E-state index contributed by atoms with van der Waals surface area (Å²) in [6, 6.07) is 0.0628. The molecule has 0 spiro atoms. The maximum atomic E-state index is 12.0. The summed E-state index contributed by atoms with van der Waals surface area (Å²) in [6.45, 7) is 5.93. The average molecular weight is 254 g/mol. The maximum Gasteiger partial charge on any atom is 0.243 e. The molecular weight excluding hydrogens is 236 g/mol.